The highest BCUT2D eigenvalue weighted by atomic mass is 16.5. The summed E-state index contributed by atoms with van der Waals surface area (Å²) < 4.78 is 4.99. The molecule has 0 radical (unpaired) electrons. The molecule has 0 aromatic rings. The van der Waals surface area contributed by atoms with Gasteiger partial charge in [-0.25, -0.2) is 0 Å². The number of hydrogen-bond acceptors (Lipinski definition) is 3. The summed E-state index contributed by atoms with van der Waals surface area (Å²) in [6.45, 7) is 1.47. The first kappa shape index (κ1) is 12.8. The van der Waals surface area contributed by atoms with Gasteiger partial charge < -0.3 is 15.4 Å². The van der Waals surface area contributed by atoms with Gasteiger partial charge in [0, 0.05) is 26.3 Å². The van der Waals surface area contributed by atoms with Gasteiger partial charge in [0.05, 0.1) is 6.04 Å². The SMILES string of the molecule is COCCC(N)C(=O)N1CCCC2CCCC21. The van der Waals surface area contributed by atoms with Crippen LogP contribution in [0.15, 0.2) is 0 Å². The van der Waals surface area contributed by atoms with Crippen molar-refractivity contribution < 1.29 is 9.53 Å². The summed E-state index contributed by atoms with van der Waals surface area (Å²) in [5.41, 5.74) is 5.95. The average molecular weight is 240 g/mol. The molecule has 0 bridgehead atoms. The van der Waals surface area contributed by atoms with Crippen molar-refractivity contribution in [2.75, 3.05) is 20.3 Å². The molecule has 1 heterocycles. The van der Waals surface area contributed by atoms with E-state index in [4.69, 9.17) is 10.5 Å². The van der Waals surface area contributed by atoms with Gasteiger partial charge in [0.2, 0.25) is 5.91 Å². The Bertz CT molecular complexity index is 270. The van der Waals surface area contributed by atoms with E-state index in [9.17, 15) is 4.79 Å². The number of carbonyl (C=O) groups is 1. The van der Waals surface area contributed by atoms with Gasteiger partial charge >= 0.3 is 0 Å². The third-order valence-corrected chi connectivity index (χ3v) is 4.23. The number of likely N-dealkylation sites (tertiary alicyclic amines) is 1. The van der Waals surface area contributed by atoms with Crippen LogP contribution in [0, 0.1) is 5.92 Å². The van der Waals surface area contributed by atoms with Crippen LogP contribution < -0.4 is 5.73 Å². The number of nitrogens with zero attached hydrogens (tertiary/aromatic N) is 1. The van der Waals surface area contributed by atoms with Gasteiger partial charge in [-0.05, 0) is 38.0 Å². The molecule has 0 aromatic carbocycles. The number of hydrogen-bond donors (Lipinski definition) is 1. The molecule has 4 heteroatoms. The predicted molar refractivity (Wildman–Crippen MR) is 66.5 cm³/mol. The van der Waals surface area contributed by atoms with Crippen molar-refractivity contribution in [3.8, 4) is 0 Å². The first-order chi connectivity index (χ1) is 8.24. The van der Waals surface area contributed by atoms with E-state index in [1.807, 2.05) is 0 Å². The maximum atomic E-state index is 12.3. The van der Waals surface area contributed by atoms with Gasteiger partial charge in [-0.1, -0.05) is 6.42 Å². The molecule has 17 heavy (non-hydrogen) atoms. The summed E-state index contributed by atoms with van der Waals surface area (Å²) in [4.78, 5) is 14.3. The molecule has 2 aliphatic rings. The normalized spacial score (nSPS) is 30.1. The minimum Gasteiger partial charge on any atom is -0.385 e. The predicted octanol–water partition coefficient (Wildman–Crippen LogP) is 1.14. The number of ether oxygens (including phenoxy) is 1. The molecule has 3 atom stereocenters. The Balaban J connectivity index is 1.93. The Morgan fingerprint density at radius 1 is 1.41 bits per heavy atom. The molecule has 0 spiro atoms. The Hall–Kier alpha value is -0.610. The average Bonchev–Trinajstić information content (AvgIpc) is 2.82. The van der Waals surface area contributed by atoms with Crippen molar-refractivity contribution >= 4 is 5.91 Å². The standard InChI is InChI=1S/C13H24N2O2/c1-17-9-7-11(14)13(16)15-8-3-5-10-4-2-6-12(10)15/h10-12H,2-9,14H2,1H3. The maximum Gasteiger partial charge on any atom is 0.239 e. The highest BCUT2D eigenvalue weighted by Crippen LogP contribution is 2.36. The lowest BCUT2D eigenvalue weighted by atomic mass is 9.91. The molecular formula is C13H24N2O2. The number of amides is 1. The van der Waals surface area contributed by atoms with Crippen molar-refractivity contribution in [3.05, 3.63) is 0 Å². The lowest BCUT2D eigenvalue weighted by Gasteiger charge is -2.39. The van der Waals surface area contributed by atoms with Crippen molar-refractivity contribution in [2.45, 2.75) is 50.6 Å². The number of piperidine rings is 1. The van der Waals surface area contributed by atoms with Gasteiger partial charge in [0.25, 0.3) is 0 Å². The summed E-state index contributed by atoms with van der Waals surface area (Å²) >= 11 is 0. The molecule has 1 saturated heterocycles. The molecular weight excluding hydrogens is 216 g/mol. The zero-order chi connectivity index (χ0) is 12.3. The summed E-state index contributed by atoms with van der Waals surface area (Å²) in [6.07, 6.45) is 6.80. The molecule has 2 fully saturated rings. The van der Waals surface area contributed by atoms with Crippen LogP contribution in [0.25, 0.3) is 0 Å². The van der Waals surface area contributed by atoms with Gasteiger partial charge in [0.1, 0.15) is 0 Å². The lowest BCUT2D eigenvalue weighted by Crippen LogP contribution is -2.52. The third-order valence-electron chi connectivity index (χ3n) is 4.23. The summed E-state index contributed by atoms with van der Waals surface area (Å²) in [5.74, 6) is 0.876. The first-order valence-electron chi connectivity index (χ1n) is 6.79. The minimum atomic E-state index is -0.380. The summed E-state index contributed by atoms with van der Waals surface area (Å²) in [6, 6.07) is 0.0964. The summed E-state index contributed by atoms with van der Waals surface area (Å²) in [7, 11) is 1.64. The molecule has 1 aliphatic heterocycles. The molecule has 3 unspecified atom stereocenters. The van der Waals surface area contributed by atoms with Gasteiger partial charge in [-0.2, -0.15) is 0 Å². The van der Waals surface area contributed by atoms with E-state index < -0.39 is 0 Å². The maximum absolute atomic E-state index is 12.3. The second kappa shape index (κ2) is 5.83. The van der Waals surface area contributed by atoms with E-state index in [1.54, 1.807) is 7.11 Å². The van der Waals surface area contributed by atoms with Gasteiger partial charge in [-0.3, -0.25) is 4.79 Å². The van der Waals surface area contributed by atoms with Crippen LogP contribution in [0.4, 0.5) is 0 Å². The molecule has 1 amide bonds. The number of nitrogens with two attached hydrogens (primary N) is 1. The fourth-order valence-electron chi connectivity index (χ4n) is 3.31. The number of rotatable bonds is 4. The Morgan fingerprint density at radius 3 is 2.94 bits per heavy atom. The topological polar surface area (TPSA) is 55.6 Å². The smallest absolute Gasteiger partial charge is 0.239 e. The number of fused-ring (bicyclic) bond motifs is 1. The largest absolute Gasteiger partial charge is 0.385 e. The first-order valence-corrected chi connectivity index (χ1v) is 6.79. The fourth-order valence-corrected chi connectivity index (χ4v) is 3.31. The van der Waals surface area contributed by atoms with Crippen molar-refractivity contribution in [3.63, 3.8) is 0 Å². The quantitative estimate of drug-likeness (QED) is 0.801. The molecule has 4 nitrogen and oxygen atoms in total. The molecule has 1 saturated carbocycles. The Morgan fingerprint density at radius 2 is 2.18 bits per heavy atom. The molecule has 98 valence electrons. The van der Waals surface area contributed by atoms with Crippen LogP contribution in [0.2, 0.25) is 0 Å². The second-order valence-electron chi connectivity index (χ2n) is 5.32. The second-order valence-corrected chi connectivity index (χ2v) is 5.32. The molecule has 0 aromatic heterocycles. The van der Waals surface area contributed by atoms with Crippen LogP contribution in [0.1, 0.15) is 38.5 Å². The summed E-state index contributed by atoms with van der Waals surface area (Å²) in [5, 5.41) is 0. The monoisotopic (exact) mass is 240 g/mol. The van der Waals surface area contributed by atoms with Crippen LogP contribution in [0.5, 0.6) is 0 Å². The highest BCUT2D eigenvalue weighted by Gasteiger charge is 2.38. The van der Waals surface area contributed by atoms with E-state index in [0.29, 0.717) is 19.1 Å². The molecule has 2 N–H and O–H groups in total. The third kappa shape index (κ3) is 2.80. The van der Waals surface area contributed by atoms with Crippen LogP contribution in [-0.2, 0) is 9.53 Å². The molecule has 2 rings (SSSR count). The van der Waals surface area contributed by atoms with Crippen LogP contribution >= 0.6 is 0 Å². The zero-order valence-electron chi connectivity index (χ0n) is 10.7. The van der Waals surface area contributed by atoms with Crippen LogP contribution in [-0.4, -0.2) is 43.2 Å². The minimum absolute atomic E-state index is 0.138. The van der Waals surface area contributed by atoms with E-state index in [0.717, 1.165) is 18.9 Å². The van der Waals surface area contributed by atoms with E-state index in [1.165, 1.54) is 25.7 Å². The zero-order valence-corrected chi connectivity index (χ0v) is 10.7. The van der Waals surface area contributed by atoms with Crippen molar-refractivity contribution in [2.24, 2.45) is 11.7 Å². The van der Waals surface area contributed by atoms with E-state index in [2.05, 4.69) is 4.90 Å². The lowest BCUT2D eigenvalue weighted by molar-refractivity contribution is -0.137. The van der Waals surface area contributed by atoms with Crippen molar-refractivity contribution in [1.29, 1.82) is 0 Å². The van der Waals surface area contributed by atoms with E-state index in [-0.39, 0.29) is 11.9 Å². The van der Waals surface area contributed by atoms with Crippen LogP contribution in [0.3, 0.4) is 0 Å². The van der Waals surface area contributed by atoms with Gasteiger partial charge in [0.15, 0.2) is 0 Å². The van der Waals surface area contributed by atoms with Crippen molar-refractivity contribution in [1.82, 2.24) is 4.90 Å². The Labute approximate surface area is 103 Å². The van der Waals surface area contributed by atoms with Gasteiger partial charge in [-0.15, -0.1) is 0 Å². The number of carbonyl (C=O) groups excluding carboxylic acids is 1. The highest BCUT2D eigenvalue weighted by molar-refractivity contribution is 5.82. The van der Waals surface area contributed by atoms with E-state index >= 15 is 0 Å². The number of methoxy groups -OCH3 is 1. The fraction of sp³-hybridized carbons (Fsp3) is 0.923. The molecule has 1 aliphatic carbocycles. The Kier molecular flexibility index (Phi) is 4.40.